The van der Waals surface area contributed by atoms with Gasteiger partial charge in [-0.2, -0.15) is 11.8 Å². The predicted octanol–water partition coefficient (Wildman–Crippen LogP) is 1.45. The Kier molecular flexibility index (Phi) is 35.7. The number of hydrogen-bond donors (Lipinski definition) is 18. The zero-order valence-corrected chi connectivity index (χ0v) is 71.0. The van der Waals surface area contributed by atoms with Crippen LogP contribution in [0, 0.1) is 11.3 Å². The van der Waals surface area contributed by atoms with Crippen LogP contribution in [0.2, 0.25) is 5.02 Å². The Hall–Kier alpha value is -11.3. The highest BCUT2D eigenvalue weighted by Crippen LogP contribution is 2.33. The number of ether oxygens (including phenoxy) is 1. The van der Waals surface area contributed by atoms with Gasteiger partial charge in [-0.15, -0.1) is 0 Å². The highest BCUT2D eigenvalue weighted by molar-refractivity contribution is 8.00. The summed E-state index contributed by atoms with van der Waals surface area (Å²) in [6.07, 6.45) is 5.50. The molecule has 10 rings (SSSR count). The van der Waals surface area contributed by atoms with Crippen molar-refractivity contribution < 1.29 is 67.4 Å². The molecule has 34 nitrogen and oxygen atoms in total. The number of nitrogens with one attached hydrogen (secondary N) is 14. The number of nitrogens with zero attached hydrogens (tertiary/aromatic N) is 3. The van der Waals surface area contributed by atoms with Crippen LogP contribution in [0.1, 0.15) is 112 Å². The number of nitrogens with two attached hydrogens (primary N) is 3. The van der Waals surface area contributed by atoms with Gasteiger partial charge in [0.15, 0.2) is 5.96 Å². The Bertz CT molecular complexity index is 4630. The van der Waals surface area contributed by atoms with E-state index in [0.717, 1.165) is 41.6 Å². The Labute approximate surface area is 724 Å². The summed E-state index contributed by atoms with van der Waals surface area (Å²) in [4.78, 5) is 180. The quantitative estimate of drug-likeness (QED) is 0.0146. The SMILES string of the molecule is CC(C)C[C@H](NC(=O)[C@@H](Cc1ccc(NC(=O)CCCC[C@@H]2SC[C@@H]3NCN[C@@H]32)cc1)NC(=O)[C@H](Cc1ccc(CN2CCOCC2)cc1)NC(=O)[C@H](CO)NC(=O)[C@@H](Cc1cccnc1)NC(=O)[C@@H](Cc1ccc(Cl)cc1)NC(=O)[C@@H](Cc1ccc2ccccc2c1)NC(N)=O)C(=O)N[C@@H](CCCNC(=N)N)C(=O)N1CCC[C@H]1C(=O)N[C@H](C)C(N)=O. The van der Waals surface area contributed by atoms with Crippen molar-refractivity contribution in [2.24, 2.45) is 23.1 Å². The first-order valence-electron chi connectivity index (χ1n) is 41.9. The monoisotopic (exact) mass is 1730 g/mol. The van der Waals surface area contributed by atoms with Gasteiger partial charge in [0.1, 0.15) is 60.4 Å². The first-order valence-corrected chi connectivity index (χ1v) is 43.3. The second-order valence-corrected chi connectivity index (χ2v) is 33.8. The number of aliphatic hydroxyl groups is 1. The number of anilines is 1. The maximum atomic E-state index is 15.6. The number of primary amides is 2. The molecule has 123 heavy (non-hydrogen) atoms. The Morgan fingerprint density at radius 3 is 1.71 bits per heavy atom. The number of pyridine rings is 1. The number of amides is 13. The summed E-state index contributed by atoms with van der Waals surface area (Å²) in [5.74, 6) is -8.29. The van der Waals surface area contributed by atoms with Crippen molar-refractivity contribution in [2.75, 3.05) is 63.7 Å². The van der Waals surface area contributed by atoms with Crippen LogP contribution in [0.5, 0.6) is 0 Å². The van der Waals surface area contributed by atoms with Crippen LogP contribution in [-0.4, -0.2) is 233 Å². The number of aromatic nitrogens is 1. The number of halogens is 1. The van der Waals surface area contributed by atoms with Gasteiger partial charge in [0.2, 0.25) is 65.0 Å². The number of carbonyl (C=O) groups excluding carboxylic acids is 12. The van der Waals surface area contributed by atoms with Crippen LogP contribution < -0.4 is 86.3 Å². The first-order chi connectivity index (χ1) is 59.1. The summed E-state index contributed by atoms with van der Waals surface area (Å²) >= 11 is 8.23. The summed E-state index contributed by atoms with van der Waals surface area (Å²) in [6.45, 7) is 8.05. The van der Waals surface area contributed by atoms with Crippen molar-refractivity contribution in [1.82, 2.24) is 78.6 Å². The lowest BCUT2D eigenvalue weighted by atomic mass is 9.99. The molecule has 4 saturated heterocycles. The highest BCUT2D eigenvalue weighted by Gasteiger charge is 2.42. The molecule has 4 aliphatic heterocycles. The molecule has 36 heteroatoms. The molecule has 6 aromatic rings. The molecule has 13 amide bonds. The number of aliphatic hydroxyl groups excluding tert-OH is 1. The van der Waals surface area contributed by atoms with Crippen molar-refractivity contribution in [3.8, 4) is 0 Å². The maximum absolute atomic E-state index is 15.6. The standard InChI is InChI=1S/C87H115ClN20O14S/c1-51(2)39-64(77(112)99-63(14-9-33-94-86(90)91)85(120)108-34-10-15-72(108)84(119)97-52(3)76(89)111)100-78(113)66(43-55-25-30-62(31-26-55)98-74(110)17-7-6-16-73-75-71(49-123-73)95-50-96-75)101-80(115)67(41-53-18-20-56(21-19-53)47-107-35-37-122-38-36-107)104-83(118)70(48-109)105-81(116)68(45-58-11-8-32-93-46-58)103-79(114)65(42-54-23-28-61(88)29-24-54)102-82(117)69(106-87(92)121)44-57-22-27-59-12-4-5-13-60(59)40-57/h4-5,8,11-13,18-32,40,46,51-52,63-73,75,95-96,109H,6-7,9-10,14-17,33-39,41-45,47-50H2,1-3H3,(H2,89,111)(H,97,119)(H,98,110)(H,99,112)(H,100,113)(H,101,115)(H,102,117)(H,103,114)(H,104,118)(H,105,116)(H4,90,91,94)(H3,92,106,121)/t52-,63+,64+,65-,66-,67+,68-,69-,70+,71+,72+,73+,75+/m1/s1. The van der Waals surface area contributed by atoms with Crippen LogP contribution >= 0.6 is 23.4 Å². The van der Waals surface area contributed by atoms with E-state index in [-0.39, 0.29) is 95.1 Å². The second-order valence-electron chi connectivity index (χ2n) is 32.1. The van der Waals surface area contributed by atoms with E-state index in [0.29, 0.717) is 102 Å². The number of morpholine rings is 1. The molecular formula is C87H115ClN20O14S. The molecule has 0 bridgehead atoms. The summed E-state index contributed by atoms with van der Waals surface area (Å²) in [5.41, 5.74) is 20.7. The predicted molar refractivity (Wildman–Crippen MR) is 466 cm³/mol. The van der Waals surface area contributed by atoms with Crippen LogP contribution in [0.4, 0.5) is 10.5 Å². The largest absolute Gasteiger partial charge is 0.394 e. The van der Waals surface area contributed by atoms with E-state index >= 15 is 28.8 Å². The molecule has 1 aromatic heterocycles. The smallest absolute Gasteiger partial charge is 0.312 e. The molecule has 0 radical (unpaired) electrons. The number of unbranched alkanes of at least 4 members (excludes halogenated alkanes) is 1. The Morgan fingerprint density at radius 1 is 0.585 bits per heavy atom. The van der Waals surface area contributed by atoms with E-state index in [2.05, 4.69) is 79.0 Å². The third kappa shape index (κ3) is 29.2. The average molecular weight is 1730 g/mol. The second kappa shape index (κ2) is 46.8. The van der Waals surface area contributed by atoms with Crippen molar-refractivity contribution in [3.63, 3.8) is 0 Å². The van der Waals surface area contributed by atoms with Gasteiger partial charge in [0.25, 0.3) is 0 Å². The average Bonchev–Trinajstić information content (AvgIpc) is 1.75. The van der Waals surface area contributed by atoms with Crippen molar-refractivity contribution in [2.45, 2.75) is 195 Å². The molecule has 0 unspecified atom stereocenters. The highest BCUT2D eigenvalue weighted by atomic mass is 35.5. The summed E-state index contributed by atoms with van der Waals surface area (Å²) in [7, 11) is 0. The summed E-state index contributed by atoms with van der Waals surface area (Å²) in [6, 6.07) is 22.3. The van der Waals surface area contributed by atoms with Gasteiger partial charge in [-0.05, 0) is 132 Å². The number of likely N-dealkylation sites (tertiary alicyclic amines) is 1. The van der Waals surface area contributed by atoms with Gasteiger partial charge in [-0.25, -0.2) is 4.79 Å². The molecule has 4 aliphatic rings. The van der Waals surface area contributed by atoms with Crippen LogP contribution in [-0.2, 0) is 96.1 Å². The van der Waals surface area contributed by atoms with E-state index in [1.807, 2.05) is 60.3 Å². The minimum Gasteiger partial charge on any atom is -0.394 e. The third-order valence-electron chi connectivity index (χ3n) is 22.1. The van der Waals surface area contributed by atoms with Crippen molar-refractivity contribution in [1.29, 1.82) is 5.41 Å². The van der Waals surface area contributed by atoms with E-state index in [9.17, 15) is 33.9 Å². The van der Waals surface area contributed by atoms with E-state index < -0.39 is 132 Å². The number of guanidine groups is 1. The van der Waals surface area contributed by atoms with Gasteiger partial charge in [-0.3, -0.25) is 78.7 Å². The molecule has 0 spiro atoms. The molecule has 13 atom stereocenters. The first kappa shape index (κ1) is 93.9. The van der Waals surface area contributed by atoms with Gasteiger partial charge in [-0.1, -0.05) is 129 Å². The fourth-order valence-corrected chi connectivity index (χ4v) is 17.2. The minimum absolute atomic E-state index is 0.0138. The lowest BCUT2D eigenvalue weighted by Crippen LogP contribution is -2.62. The van der Waals surface area contributed by atoms with Gasteiger partial charge in [0, 0.05) is 124 Å². The lowest BCUT2D eigenvalue weighted by Gasteiger charge is -2.31. The topological polar surface area (TPSA) is 512 Å². The lowest BCUT2D eigenvalue weighted by molar-refractivity contribution is -0.142. The molecule has 21 N–H and O–H groups in total. The van der Waals surface area contributed by atoms with Gasteiger partial charge in [0.05, 0.1) is 19.8 Å². The maximum Gasteiger partial charge on any atom is 0.312 e. The fourth-order valence-electron chi connectivity index (χ4n) is 15.5. The molecular weight excluding hydrogens is 1620 g/mol. The Balaban J connectivity index is 0.921. The van der Waals surface area contributed by atoms with Crippen molar-refractivity contribution >= 4 is 117 Å². The number of thioether (sulfide) groups is 1. The third-order valence-corrected chi connectivity index (χ3v) is 23.9. The molecule has 0 saturated carbocycles. The number of hydrogen-bond acceptors (Lipinski definition) is 20. The molecule has 4 fully saturated rings. The van der Waals surface area contributed by atoms with Crippen LogP contribution in [0.25, 0.3) is 10.8 Å². The van der Waals surface area contributed by atoms with Crippen molar-refractivity contribution in [3.05, 3.63) is 178 Å². The van der Waals surface area contributed by atoms with Crippen LogP contribution in [0.15, 0.2) is 140 Å². The fraction of sp³-hybridized carbons (Fsp3) is 0.471. The summed E-state index contributed by atoms with van der Waals surface area (Å²) in [5, 5.41) is 58.7. The molecule has 0 aliphatic carbocycles. The number of urea groups is 1. The molecule has 660 valence electrons. The zero-order chi connectivity index (χ0) is 88.1. The number of rotatable bonds is 44. The molecule has 5 heterocycles. The minimum atomic E-state index is -1.85. The zero-order valence-electron chi connectivity index (χ0n) is 69.4. The number of benzene rings is 5. The van der Waals surface area contributed by atoms with E-state index in [1.54, 1.807) is 92.7 Å². The van der Waals surface area contributed by atoms with E-state index in [4.69, 9.17) is 38.9 Å². The normalized spacial score (nSPS) is 18.4. The number of fused-ring (bicyclic) bond motifs is 2. The summed E-state index contributed by atoms with van der Waals surface area (Å²) < 4.78 is 5.58. The van der Waals surface area contributed by atoms with Gasteiger partial charge >= 0.3 is 6.03 Å². The van der Waals surface area contributed by atoms with Gasteiger partial charge < -0.3 is 90.4 Å². The molecule has 5 aromatic carbocycles. The number of carbonyl (C=O) groups is 12. The van der Waals surface area contributed by atoms with Crippen LogP contribution in [0.3, 0.4) is 0 Å². The van der Waals surface area contributed by atoms with E-state index in [1.165, 1.54) is 24.2 Å². The Morgan fingerprint density at radius 2 is 1.12 bits per heavy atom.